The highest BCUT2D eigenvalue weighted by Gasteiger charge is 2.12. The fourth-order valence-corrected chi connectivity index (χ4v) is 3.69. The predicted octanol–water partition coefficient (Wildman–Crippen LogP) is 2.68. The van der Waals surface area contributed by atoms with Gasteiger partial charge in [-0.3, -0.25) is 9.36 Å². The van der Waals surface area contributed by atoms with Crippen molar-refractivity contribution in [1.82, 2.24) is 4.57 Å². The molecule has 0 radical (unpaired) electrons. The summed E-state index contributed by atoms with van der Waals surface area (Å²) in [5.74, 6) is -0.462. The second-order valence-corrected chi connectivity index (χ2v) is 7.03. The molecule has 0 aliphatic rings. The lowest BCUT2D eigenvalue weighted by molar-refractivity contribution is 0.617. The van der Waals surface area contributed by atoms with Gasteiger partial charge in [0.2, 0.25) is 0 Å². The van der Waals surface area contributed by atoms with Crippen molar-refractivity contribution < 1.29 is 4.39 Å². The molecular formula is C21H14FN3OS. The SMILES string of the molecule is Cc1cccc(/C=c2\sc(=C(C#N)C#N)n(-c3ccc(C)c(F)c3)c2=O)c1. The Morgan fingerprint density at radius 3 is 2.52 bits per heavy atom. The topological polar surface area (TPSA) is 69.6 Å². The Balaban J connectivity index is 2.40. The van der Waals surface area contributed by atoms with Gasteiger partial charge in [-0.2, -0.15) is 10.5 Å². The van der Waals surface area contributed by atoms with E-state index < -0.39 is 11.4 Å². The van der Waals surface area contributed by atoms with Crippen molar-refractivity contribution in [2.45, 2.75) is 13.8 Å². The highest BCUT2D eigenvalue weighted by molar-refractivity contribution is 7.07. The van der Waals surface area contributed by atoms with Gasteiger partial charge in [0, 0.05) is 0 Å². The molecule has 0 saturated heterocycles. The van der Waals surface area contributed by atoms with Crippen molar-refractivity contribution >= 4 is 23.0 Å². The zero-order chi connectivity index (χ0) is 19.6. The minimum absolute atomic E-state index is 0.187. The lowest BCUT2D eigenvalue weighted by Gasteiger charge is -2.04. The standard InChI is InChI=1S/C21H14FN3OS/c1-13-4-3-5-15(8-13)9-19-20(26)25(21(27-19)16(11-23)12-24)17-7-6-14(2)18(22)10-17/h3-10H,1-2H3/b19-9-. The summed E-state index contributed by atoms with van der Waals surface area (Å²) in [4.78, 5) is 13.0. The summed E-state index contributed by atoms with van der Waals surface area (Å²) in [6, 6.07) is 15.6. The van der Waals surface area contributed by atoms with Gasteiger partial charge in [-0.25, -0.2) is 4.39 Å². The maximum absolute atomic E-state index is 14.0. The zero-order valence-electron chi connectivity index (χ0n) is 14.7. The number of hydrogen-bond acceptors (Lipinski definition) is 4. The molecule has 0 bridgehead atoms. The normalized spacial score (nSPS) is 11.1. The summed E-state index contributed by atoms with van der Waals surface area (Å²) >= 11 is 1.04. The quantitative estimate of drug-likeness (QED) is 0.691. The molecule has 0 spiro atoms. The molecule has 1 heterocycles. The third-order valence-electron chi connectivity index (χ3n) is 4.01. The summed E-state index contributed by atoms with van der Waals surface area (Å²) in [6.45, 7) is 3.57. The first-order valence-electron chi connectivity index (χ1n) is 8.06. The molecule has 2 aromatic carbocycles. The van der Waals surface area contributed by atoms with E-state index in [0.29, 0.717) is 10.1 Å². The average molecular weight is 375 g/mol. The van der Waals surface area contributed by atoms with Gasteiger partial charge < -0.3 is 0 Å². The van der Waals surface area contributed by atoms with E-state index in [1.807, 2.05) is 43.3 Å². The van der Waals surface area contributed by atoms with Crippen LogP contribution in [0.3, 0.4) is 0 Å². The number of hydrogen-bond donors (Lipinski definition) is 0. The van der Waals surface area contributed by atoms with Crippen LogP contribution in [0.1, 0.15) is 16.7 Å². The molecule has 0 aliphatic heterocycles. The van der Waals surface area contributed by atoms with Crippen LogP contribution in [-0.2, 0) is 0 Å². The van der Waals surface area contributed by atoms with E-state index in [-0.39, 0.29) is 15.9 Å². The molecule has 1 aromatic heterocycles. The van der Waals surface area contributed by atoms with E-state index in [1.54, 1.807) is 25.1 Å². The molecule has 0 aliphatic carbocycles. The van der Waals surface area contributed by atoms with Crippen molar-refractivity contribution in [3.63, 3.8) is 0 Å². The van der Waals surface area contributed by atoms with E-state index in [9.17, 15) is 19.7 Å². The number of aryl methyl sites for hydroxylation is 2. The lowest BCUT2D eigenvalue weighted by atomic mass is 10.1. The van der Waals surface area contributed by atoms with E-state index in [1.165, 1.54) is 10.6 Å². The van der Waals surface area contributed by atoms with Gasteiger partial charge in [0.15, 0.2) is 5.57 Å². The van der Waals surface area contributed by atoms with Crippen molar-refractivity contribution in [3.8, 4) is 17.8 Å². The Bertz CT molecular complexity index is 1290. The minimum Gasteiger partial charge on any atom is -0.267 e. The molecule has 0 saturated carbocycles. The van der Waals surface area contributed by atoms with Crippen molar-refractivity contribution in [2.75, 3.05) is 0 Å². The van der Waals surface area contributed by atoms with Crippen LogP contribution in [0, 0.1) is 42.3 Å². The minimum atomic E-state index is -0.462. The third-order valence-corrected chi connectivity index (χ3v) is 5.11. The molecule has 132 valence electrons. The number of rotatable bonds is 2. The maximum atomic E-state index is 14.0. The van der Waals surface area contributed by atoms with Crippen LogP contribution in [0.5, 0.6) is 0 Å². The van der Waals surface area contributed by atoms with Crippen molar-refractivity contribution in [1.29, 1.82) is 10.5 Å². The van der Waals surface area contributed by atoms with Crippen LogP contribution in [-0.4, -0.2) is 4.57 Å². The van der Waals surface area contributed by atoms with Crippen LogP contribution in [0.4, 0.5) is 4.39 Å². The molecule has 3 rings (SSSR count). The number of benzene rings is 2. The Kier molecular flexibility index (Phi) is 5.03. The summed E-state index contributed by atoms with van der Waals surface area (Å²) in [5, 5.41) is 18.5. The molecule has 0 fully saturated rings. The van der Waals surface area contributed by atoms with Gasteiger partial charge in [-0.15, -0.1) is 11.3 Å². The summed E-state index contributed by atoms with van der Waals surface area (Å²) in [7, 11) is 0. The van der Waals surface area contributed by atoms with Gasteiger partial charge >= 0.3 is 0 Å². The van der Waals surface area contributed by atoms with Gasteiger partial charge in [-0.1, -0.05) is 35.9 Å². The molecule has 0 amide bonds. The second kappa shape index (κ2) is 7.41. The number of halogens is 1. The van der Waals surface area contributed by atoms with Crippen LogP contribution >= 0.6 is 11.3 Å². The van der Waals surface area contributed by atoms with E-state index >= 15 is 0 Å². The lowest BCUT2D eigenvalue weighted by Crippen LogP contribution is -2.30. The molecule has 4 nitrogen and oxygen atoms in total. The van der Waals surface area contributed by atoms with E-state index in [4.69, 9.17) is 0 Å². The number of nitriles is 2. The zero-order valence-corrected chi connectivity index (χ0v) is 15.5. The van der Waals surface area contributed by atoms with Crippen LogP contribution < -0.4 is 14.8 Å². The Morgan fingerprint density at radius 2 is 1.89 bits per heavy atom. The van der Waals surface area contributed by atoms with Crippen LogP contribution in [0.15, 0.2) is 47.3 Å². The number of thiazole rings is 1. The molecule has 0 atom stereocenters. The summed E-state index contributed by atoms with van der Waals surface area (Å²) in [5.41, 5.74) is 2.01. The smallest absolute Gasteiger partial charge is 0.267 e. The average Bonchev–Trinajstić information content (AvgIpc) is 2.95. The first kappa shape index (κ1) is 18.3. The van der Waals surface area contributed by atoms with Gasteiger partial charge in [0.1, 0.15) is 22.6 Å². The fraction of sp³-hybridized carbons (Fsp3) is 0.0952. The summed E-state index contributed by atoms with van der Waals surface area (Å²) in [6.07, 6.45) is 1.71. The predicted molar refractivity (Wildman–Crippen MR) is 103 cm³/mol. The maximum Gasteiger partial charge on any atom is 0.273 e. The largest absolute Gasteiger partial charge is 0.273 e. The number of aromatic nitrogens is 1. The van der Waals surface area contributed by atoms with Crippen molar-refractivity contribution in [2.24, 2.45) is 0 Å². The number of nitrogens with zero attached hydrogens (tertiary/aromatic N) is 3. The molecule has 6 heteroatoms. The third kappa shape index (κ3) is 3.57. The van der Waals surface area contributed by atoms with E-state index in [2.05, 4.69) is 0 Å². The Morgan fingerprint density at radius 1 is 1.15 bits per heavy atom. The summed E-state index contributed by atoms with van der Waals surface area (Å²) < 4.78 is 15.8. The Hall–Kier alpha value is -3.48. The monoisotopic (exact) mass is 375 g/mol. The van der Waals surface area contributed by atoms with Gasteiger partial charge in [0.05, 0.1) is 10.2 Å². The Labute approximate surface area is 159 Å². The molecule has 0 N–H and O–H groups in total. The highest BCUT2D eigenvalue weighted by Crippen LogP contribution is 2.11. The highest BCUT2D eigenvalue weighted by atomic mass is 32.1. The first-order valence-corrected chi connectivity index (χ1v) is 8.87. The molecule has 0 unspecified atom stereocenters. The first-order chi connectivity index (χ1) is 12.9. The van der Waals surface area contributed by atoms with Crippen LogP contribution in [0.2, 0.25) is 0 Å². The second-order valence-electron chi connectivity index (χ2n) is 6.00. The molecule has 3 aromatic rings. The molecule has 27 heavy (non-hydrogen) atoms. The van der Waals surface area contributed by atoms with Crippen molar-refractivity contribution in [3.05, 3.63) is 84.5 Å². The van der Waals surface area contributed by atoms with Crippen LogP contribution in [0.25, 0.3) is 17.3 Å². The fourth-order valence-electron chi connectivity index (χ4n) is 2.64. The van der Waals surface area contributed by atoms with Gasteiger partial charge in [-0.05, 0) is 43.2 Å². The van der Waals surface area contributed by atoms with Gasteiger partial charge in [0.25, 0.3) is 5.56 Å². The molecular weight excluding hydrogens is 361 g/mol. The van der Waals surface area contributed by atoms with E-state index in [0.717, 1.165) is 22.5 Å².